The number of allylic oxidation sites excluding steroid dienone is 2. The van der Waals surface area contributed by atoms with Crippen LogP contribution in [-0.2, 0) is 6.54 Å². The van der Waals surface area contributed by atoms with Gasteiger partial charge in [0.25, 0.3) is 0 Å². The highest BCUT2D eigenvalue weighted by Crippen LogP contribution is 2.26. The smallest absolute Gasteiger partial charge is 0.119 e. The molecule has 29 heavy (non-hydrogen) atoms. The molecule has 0 atom stereocenters. The van der Waals surface area contributed by atoms with Crippen molar-refractivity contribution < 1.29 is 4.74 Å². The van der Waals surface area contributed by atoms with E-state index in [9.17, 15) is 0 Å². The summed E-state index contributed by atoms with van der Waals surface area (Å²) in [4.78, 5) is 9.65. The average Bonchev–Trinajstić information content (AvgIpc) is 3.27. The van der Waals surface area contributed by atoms with Gasteiger partial charge in [-0.2, -0.15) is 0 Å². The summed E-state index contributed by atoms with van der Waals surface area (Å²) in [6.07, 6.45) is 14.4. The van der Waals surface area contributed by atoms with Crippen LogP contribution in [0.1, 0.15) is 56.9 Å². The van der Waals surface area contributed by atoms with Crippen molar-refractivity contribution in [3.63, 3.8) is 0 Å². The van der Waals surface area contributed by atoms with Crippen molar-refractivity contribution in [2.24, 2.45) is 10.9 Å². The van der Waals surface area contributed by atoms with Crippen molar-refractivity contribution in [1.82, 2.24) is 9.80 Å². The zero-order valence-corrected chi connectivity index (χ0v) is 17.9. The highest BCUT2D eigenvalue weighted by molar-refractivity contribution is 5.64. The Morgan fingerprint density at radius 3 is 2.45 bits per heavy atom. The largest absolute Gasteiger partial charge is 0.494 e. The Balaban J connectivity index is 1.08. The van der Waals surface area contributed by atoms with Crippen LogP contribution in [0.25, 0.3) is 0 Å². The highest BCUT2D eigenvalue weighted by Gasteiger charge is 2.20. The van der Waals surface area contributed by atoms with Gasteiger partial charge >= 0.3 is 0 Å². The minimum Gasteiger partial charge on any atom is -0.494 e. The Bertz CT molecular complexity index is 668. The topological polar surface area (TPSA) is 28.1 Å². The van der Waals surface area contributed by atoms with Gasteiger partial charge in [0.1, 0.15) is 5.75 Å². The van der Waals surface area contributed by atoms with Crippen molar-refractivity contribution in [3.05, 3.63) is 41.6 Å². The molecular weight excluding hydrogens is 358 g/mol. The van der Waals surface area contributed by atoms with Crippen LogP contribution in [0, 0.1) is 5.92 Å². The third kappa shape index (κ3) is 6.68. The molecule has 0 aliphatic carbocycles. The Labute approximate surface area is 176 Å². The number of nitrogens with zero attached hydrogens (tertiary/aromatic N) is 3. The fourth-order valence-corrected chi connectivity index (χ4v) is 4.80. The fraction of sp³-hybridized carbons (Fsp3) is 0.640. The van der Waals surface area contributed by atoms with Gasteiger partial charge < -0.3 is 9.64 Å². The minimum absolute atomic E-state index is 0.813. The first-order valence-electron chi connectivity index (χ1n) is 11.7. The molecule has 158 valence electrons. The van der Waals surface area contributed by atoms with Gasteiger partial charge in [0, 0.05) is 31.4 Å². The van der Waals surface area contributed by atoms with Gasteiger partial charge in [-0.1, -0.05) is 24.6 Å². The molecule has 4 heteroatoms. The second kappa shape index (κ2) is 10.9. The number of hydrogen-bond donors (Lipinski definition) is 0. The maximum absolute atomic E-state index is 5.99. The maximum Gasteiger partial charge on any atom is 0.119 e. The Morgan fingerprint density at radius 1 is 0.931 bits per heavy atom. The Hall–Kier alpha value is -1.65. The molecule has 3 heterocycles. The lowest BCUT2D eigenvalue weighted by Gasteiger charge is -2.31. The summed E-state index contributed by atoms with van der Waals surface area (Å²) in [6, 6.07) is 8.76. The number of aliphatic imine (C=N–C) groups is 1. The molecule has 4 rings (SSSR count). The van der Waals surface area contributed by atoms with E-state index in [1.165, 1.54) is 76.0 Å². The van der Waals surface area contributed by atoms with E-state index >= 15 is 0 Å². The zero-order chi connectivity index (χ0) is 19.7. The van der Waals surface area contributed by atoms with Gasteiger partial charge in [-0.3, -0.25) is 9.89 Å². The van der Waals surface area contributed by atoms with Crippen LogP contribution < -0.4 is 4.74 Å². The maximum atomic E-state index is 5.99. The van der Waals surface area contributed by atoms with E-state index in [0.717, 1.165) is 44.2 Å². The van der Waals surface area contributed by atoms with Crippen molar-refractivity contribution in [2.45, 2.75) is 57.9 Å². The molecule has 0 aromatic heterocycles. The Kier molecular flexibility index (Phi) is 7.77. The number of likely N-dealkylation sites (tertiary alicyclic amines) is 2. The van der Waals surface area contributed by atoms with Gasteiger partial charge in [-0.05, 0) is 88.3 Å². The van der Waals surface area contributed by atoms with Crippen LogP contribution >= 0.6 is 0 Å². The fourth-order valence-electron chi connectivity index (χ4n) is 4.80. The van der Waals surface area contributed by atoms with Crippen molar-refractivity contribution >= 4 is 6.21 Å². The van der Waals surface area contributed by atoms with E-state index in [2.05, 4.69) is 45.1 Å². The normalized spacial score (nSPS) is 21.4. The molecular formula is C25H37N3O. The molecule has 4 nitrogen and oxygen atoms in total. The molecule has 0 amide bonds. The van der Waals surface area contributed by atoms with Crippen LogP contribution in [0.3, 0.4) is 0 Å². The van der Waals surface area contributed by atoms with Gasteiger partial charge in [0.15, 0.2) is 0 Å². The summed E-state index contributed by atoms with van der Waals surface area (Å²) in [5, 5.41) is 0. The molecule has 1 aromatic rings. The van der Waals surface area contributed by atoms with Crippen LogP contribution in [0.2, 0.25) is 0 Å². The van der Waals surface area contributed by atoms with Crippen LogP contribution in [0.15, 0.2) is 41.0 Å². The summed E-state index contributed by atoms with van der Waals surface area (Å²) < 4.78 is 5.99. The molecule has 0 bridgehead atoms. The summed E-state index contributed by atoms with van der Waals surface area (Å²) in [6.45, 7) is 8.01. The first-order chi connectivity index (χ1) is 14.3. The van der Waals surface area contributed by atoms with E-state index in [1.54, 1.807) is 0 Å². The van der Waals surface area contributed by atoms with Crippen LogP contribution in [0.5, 0.6) is 5.75 Å². The number of piperidine rings is 2. The van der Waals surface area contributed by atoms with Crippen molar-refractivity contribution in [1.29, 1.82) is 0 Å². The lowest BCUT2D eigenvalue weighted by molar-refractivity contribution is 0.170. The number of hydrogen-bond acceptors (Lipinski definition) is 4. The van der Waals surface area contributed by atoms with Crippen LogP contribution in [-0.4, -0.2) is 55.3 Å². The number of rotatable bonds is 9. The summed E-state index contributed by atoms with van der Waals surface area (Å²) >= 11 is 0. The first-order valence-corrected chi connectivity index (χ1v) is 11.7. The number of benzene rings is 1. The predicted molar refractivity (Wildman–Crippen MR) is 121 cm³/mol. The third-order valence-electron chi connectivity index (χ3n) is 6.59. The molecule has 3 aliphatic rings. The average molecular weight is 396 g/mol. The molecule has 2 fully saturated rings. The van der Waals surface area contributed by atoms with E-state index in [4.69, 9.17) is 4.74 Å². The van der Waals surface area contributed by atoms with Crippen LogP contribution in [0.4, 0.5) is 0 Å². The molecule has 0 N–H and O–H groups in total. The van der Waals surface area contributed by atoms with E-state index < -0.39 is 0 Å². The molecule has 0 spiro atoms. The minimum atomic E-state index is 0.813. The monoisotopic (exact) mass is 395 g/mol. The first kappa shape index (κ1) is 20.6. The van der Waals surface area contributed by atoms with E-state index in [1.807, 2.05) is 6.21 Å². The second-order valence-corrected chi connectivity index (χ2v) is 8.91. The van der Waals surface area contributed by atoms with Crippen molar-refractivity contribution in [2.75, 3.05) is 39.3 Å². The zero-order valence-electron chi connectivity index (χ0n) is 17.9. The SMILES string of the molecule is C1=NC(CC2CCN(CCCOc3ccc(CN4CCCCC4)cc3)CC2)=CC1. The molecule has 0 radical (unpaired) electrons. The molecule has 3 aliphatic heterocycles. The quantitative estimate of drug-likeness (QED) is 0.557. The molecule has 2 saturated heterocycles. The van der Waals surface area contributed by atoms with E-state index in [-0.39, 0.29) is 0 Å². The van der Waals surface area contributed by atoms with Gasteiger partial charge in [0.05, 0.1) is 6.61 Å². The lowest BCUT2D eigenvalue weighted by Crippen LogP contribution is -2.35. The third-order valence-corrected chi connectivity index (χ3v) is 6.59. The highest BCUT2D eigenvalue weighted by atomic mass is 16.5. The summed E-state index contributed by atoms with van der Waals surface area (Å²) in [5.41, 5.74) is 2.72. The van der Waals surface area contributed by atoms with Gasteiger partial charge in [-0.25, -0.2) is 0 Å². The van der Waals surface area contributed by atoms with Gasteiger partial charge in [-0.15, -0.1) is 0 Å². The Morgan fingerprint density at radius 2 is 1.72 bits per heavy atom. The lowest BCUT2D eigenvalue weighted by atomic mass is 9.92. The molecule has 1 aromatic carbocycles. The standard InChI is InChI=1S/C25H37N3O/c1-2-14-28(15-3-1)21-23-7-9-25(10-8-23)29-19-5-16-27-17-11-22(12-18-27)20-24-6-4-13-26-24/h6-10,13,22H,1-5,11-12,14-21H2. The second-order valence-electron chi connectivity index (χ2n) is 8.91. The predicted octanol–water partition coefficient (Wildman–Crippen LogP) is 4.90. The summed E-state index contributed by atoms with van der Waals surface area (Å²) in [5.74, 6) is 1.84. The van der Waals surface area contributed by atoms with Crippen molar-refractivity contribution in [3.8, 4) is 5.75 Å². The number of ether oxygens (including phenoxy) is 1. The molecule has 0 saturated carbocycles. The van der Waals surface area contributed by atoms with E-state index in [0.29, 0.717) is 0 Å². The molecule has 0 unspecified atom stereocenters. The summed E-state index contributed by atoms with van der Waals surface area (Å²) in [7, 11) is 0. The van der Waals surface area contributed by atoms with Gasteiger partial charge in [0.2, 0.25) is 0 Å².